The summed E-state index contributed by atoms with van der Waals surface area (Å²) < 4.78 is 12.2. The van der Waals surface area contributed by atoms with E-state index in [1.807, 2.05) is 0 Å². The van der Waals surface area contributed by atoms with Crippen molar-refractivity contribution in [1.82, 2.24) is 4.90 Å². The van der Waals surface area contributed by atoms with Crippen molar-refractivity contribution in [3.05, 3.63) is 21.3 Å². The number of likely N-dealkylation sites (tertiary alicyclic amines) is 1. The number of halogens is 1. The fourth-order valence-electron chi connectivity index (χ4n) is 4.47. The van der Waals surface area contributed by atoms with Crippen LogP contribution in [0.2, 0.25) is 0 Å². The van der Waals surface area contributed by atoms with Crippen molar-refractivity contribution in [3.63, 3.8) is 0 Å². The molecule has 0 spiro atoms. The number of benzene rings is 1. The van der Waals surface area contributed by atoms with E-state index in [1.54, 1.807) is 0 Å². The van der Waals surface area contributed by atoms with Crippen molar-refractivity contribution in [3.8, 4) is 17.6 Å². The van der Waals surface area contributed by atoms with Crippen LogP contribution in [0.15, 0.2) is 12.1 Å². The highest BCUT2D eigenvalue weighted by atomic mass is 127. The van der Waals surface area contributed by atoms with Crippen molar-refractivity contribution in [2.75, 3.05) is 19.9 Å². The van der Waals surface area contributed by atoms with Gasteiger partial charge in [0.05, 0.1) is 6.07 Å². The van der Waals surface area contributed by atoms with Gasteiger partial charge in [-0.3, -0.25) is 4.90 Å². The van der Waals surface area contributed by atoms with Crippen molar-refractivity contribution in [2.45, 2.75) is 44.1 Å². The van der Waals surface area contributed by atoms with Gasteiger partial charge in [-0.15, -0.1) is 0 Å². The Morgan fingerprint density at radius 2 is 2.09 bits per heavy atom. The van der Waals surface area contributed by atoms with Gasteiger partial charge in [-0.25, -0.2) is 0 Å². The minimum absolute atomic E-state index is 0.194. The Hall–Kier alpha value is -1.00. The molecular formula is C18H21IN2O2. The fourth-order valence-corrected chi connectivity index (χ4v) is 5.18. The van der Waals surface area contributed by atoms with Gasteiger partial charge in [-0.2, -0.15) is 5.26 Å². The Kier molecular flexibility index (Phi) is 4.14. The topological polar surface area (TPSA) is 45.5 Å². The van der Waals surface area contributed by atoms with Gasteiger partial charge < -0.3 is 9.47 Å². The summed E-state index contributed by atoms with van der Waals surface area (Å²) in [5, 5.41) is 9.87. The van der Waals surface area contributed by atoms with E-state index in [0.717, 1.165) is 37.4 Å². The number of hydrogen-bond acceptors (Lipinski definition) is 4. The summed E-state index contributed by atoms with van der Waals surface area (Å²) in [4.78, 5) is 2.46. The third-order valence-corrected chi connectivity index (χ3v) is 6.74. The molecule has 4 nitrogen and oxygen atoms in total. The Bertz CT molecular complexity index is 657. The van der Waals surface area contributed by atoms with Crippen molar-refractivity contribution in [1.29, 1.82) is 5.26 Å². The summed E-state index contributed by atoms with van der Waals surface area (Å²) in [6, 6.07) is 6.87. The van der Waals surface area contributed by atoms with Gasteiger partial charge in [0.25, 0.3) is 0 Å². The zero-order valence-corrected chi connectivity index (χ0v) is 15.3. The van der Waals surface area contributed by atoms with Gasteiger partial charge in [0, 0.05) is 16.7 Å². The number of ether oxygens (including phenoxy) is 2. The molecule has 5 heteroatoms. The monoisotopic (exact) mass is 424 g/mol. The molecule has 2 aliphatic heterocycles. The molecule has 1 aromatic rings. The molecule has 0 radical (unpaired) electrons. The van der Waals surface area contributed by atoms with Crippen molar-refractivity contribution >= 4 is 22.6 Å². The molecule has 0 bridgehead atoms. The second kappa shape index (κ2) is 6.14. The lowest BCUT2D eigenvalue weighted by Gasteiger charge is -2.39. The van der Waals surface area contributed by atoms with Crippen LogP contribution in [0.1, 0.15) is 37.7 Å². The highest BCUT2D eigenvalue weighted by Gasteiger charge is 2.49. The first-order valence-electron chi connectivity index (χ1n) is 8.47. The van der Waals surface area contributed by atoms with Gasteiger partial charge >= 0.3 is 0 Å². The summed E-state index contributed by atoms with van der Waals surface area (Å²) in [6.07, 6.45) is 6.92. The maximum atomic E-state index is 9.87. The molecule has 2 unspecified atom stereocenters. The van der Waals surface area contributed by atoms with E-state index in [2.05, 4.69) is 45.7 Å². The molecule has 2 atom stereocenters. The summed E-state index contributed by atoms with van der Waals surface area (Å²) in [5.74, 6) is 2.28. The maximum Gasteiger partial charge on any atom is 0.231 e. The number of hydrogen-bond donors (Lipinski definition) is 0. The van der Waals surface area contributed by atoms with Gasteiger partial charge in [-0.1, -0.05) is 12.8 Å². The molecule has 23 heavy (non-hydrogen) atoms. The molecular weight excluding hydrogens is 403 g/mol. The third-order valence-electron chi connectivity index (χ3n) is 5.73. The Morgan fingerprint density at radius 1 is 1.26 bits per heavy atom. The molecule has 0 amide bonds. The van der Waals surface area contributed by atoms with Crippen molar-refractivity contribution in [2.24, 2.45) is 5.92 Å². The van der Waals surface area contributed by atoms with E-state index < -0.39 is 0 Å². The van der Waals surface area contributed by atoms with Crippen LogP contribution in [-0.2, 0) is 6.42 Å². The molecule has 1 aromatic carbocycles. The first kappa shape index (κ1) is 15.5. The predicted octanol–water partition coefficient (Wildman–Crippen LogP) is 3.72. The van der Waals surface area contributed by atoms with Gasteiger partial charge in [0.15, 0.2) is 11.5 Å². The normalized spacial score (nSPS) is 29.3. The van der Waals surface area contributed by atoms with Crippen LogP contribution in [0.5, 0.6) is 11.5 Å². The number of nitrogens with zero attached hydrogens (tertiary/aromatic N) is 2. The van der Waals surface area contributed by atoms with E-state index in [0.29, 0.717) is 12.7 Å². The quantitative estimate of drug-likeness (QED) is 0.694. The highest BCUT2D eigenvalue weighted by molar-refractivity contribution is 14.1. The minimum Gasteiger partial charge on any atom is -0.454 e. The van der Waals surface area contributed by atoms with Gasteiger partial charge in [0.1, 0.15) is 5.54 Å². The van der Waals surface area contributed by atoms with E-state index in [1.165, 1.54) is 34.8 Å². The average Bonchev–Trinajstić information content (AvgIpc) is 3.16. The molecule has 4 rings (SSSR count). The lowest BCUT2D eigenvalue weighted by molar-refractivity contribution is 0.118. The van der Waals surface area contributed by atoms with Crippen LogP contribution in [0.3, 0.4) is 0 Å². The van der Waals surface area contributed by atoms with Crippen LogP contribution in [0, 0.1) is 20.8 Å². The largest absolute Gasteiger partial charge is 0.454 e. The molecule has 1 saturated heterocycles. The predicted molar refractivity (Wildman–Crippen MR) is 95.5 cm³/mol. The number of rotatable bonds is 3. The van der Waals surface area contributed by atoms with Crippen LogP contribution < -0.4 is 9.47 Å². The van der Waals surface area contributed by atoms with Crippen LogP contribution in [0.25, 0.3) is 0 Å². The molecule has 1 saturated carbocycles. The molecule has 2 fully saturated rings. The molecule has 3 aliphatic rings. The first-order chi connectivity index (χ1) is 11.2. The Morgan fingerprint density at radius 3 is 2.91 bits per heavy atom. The molecule has 122 valence electrons. The van der Waals surface area contributed by atoms with E-state index in [4.69, 9.17) is 9.47 Å². The van der Waals surface area contributed by atoms with E-state index in [-0.39, 0.29) is 5.54 Å². The van der Waals surface area contributed by atoms with E-state index in [9.17, 15) is 5.26 Å². The second-order valence-electron chi connectivity index (χ2n) is 6.80. The minimum atomic E-state index is -0.194. The Labute approximate surface area is 150 Å². The standard InChI is InChI=1S/C18H21IN2O2/c19-15-10-17-16(22-12-23-17)9-13(15)4-7-21-8-5-14-3-1-2-6-18(14,21)11-20/h9-10,14H,1-8,12H2. The van der Waals surface area contributed by atoms with Crippen molar-refractivity contribution < 1.29 is 9.47 Å². The number of nitriles is 1. The van der Waals surface area contributed by atoms with Crippen LogP contribution in [-0.4, -0.2) is 30.3 Å². The smallest absolute Gasteiger partial charge is 0.231 e. The molecule has 1 aliphatic carbocycles. The zero-order chi connectivity index (χ0) is 15.9. The zero-order valence-electron chi connectivity index (χ0n) is 13.2. The van der Waals surface area contributed by atoms with Crippen LogP contribution in [0.4, 0.5) is 0 Å². The fraction of sp³-hybridized carbons (Fsp3) is 0.611. The lowest BCUT2D eigenvalue weighted by atomic mass is 9.74. The van der Waals surface area contributed by atoms with Gasteiger partial charge in [-0.05, 0) is 71.9 Å². The van der Waals surface area contributed by atoms with Gasteiger partial charge in [0.2, 0.25) is 6.79 Å². The first-order valence-corrected chi connectivity index (χ1v) is 9.55. The van der Waals surface area contributed by atoms with Crippen LogP contribution >= 0.6 is 22.6 Å². The summed E-state index contributed by atoms with van der Waals surface area (Å²) in [7, 11) is 0. The molecule has 2 heterocycles. The maximum absolute atomic E-state index is 9.87. The summed E-state index contributed by atoms with van der Waals surface area (Å²) >= 11 is 2.37. The summed E-state index contributed by atoms with van der Waals surface area (Å²) in [6.45, 7) is 2.35. The molecule has 0 aromatic heterocycles. The third kappa shape index (κ3) is 2.60. The van der Waals surface area contributed by atoms with E-state index >= 15 is 0 Å². The second-order valence-corrected chi connectivity index (χ2v) is 7.96. The molecule has 0 N–H and O–H groups in total. The Balaban J connectivity index is 1.50. The number of fused-ring (bicyclic) bond motifs is 2. The average molecular weight is 424 g/mol. The SMILES string of the molecule is N#CC12CCCCC1CCN2CCc1cc2c(cc1I)OCO2. The highest BCUT2D eigenvalue weighted by Crippen LogP contribution is 2.45. The lowest BCUT2D eigenvalue weighted by Crippen LogP contribution is -2.49. The summed E-state index contributed by atoms with van der Waals surface area (Å²) in [5.41, 5.74) is 1.10.